The number of carbonyl (C=O) groups is 1. The number of aryl methyl sites for hydroxylation is 1. The first kappa shape index (κ1) is 22.8. The summed E-state index contributed by atoms with van der Waals surface area (Å²) in [6.45, 7) is 12.0. The highest BCUT2D eigenvalue weighted by atomic mass is 79.9. The smallest absolute Gasteiger partial charge is 0.287 e. The van der Waals surface area contributed by atoms with E-state index in [9.17, 15) is 4.79 Å². The van der Waals surface area contributed by atoms with Crippen molar-refractivity contribution in [3.63, 3.8) is 0 Å². The minimum Gasteiger partial charge on any atom is -0.456 e. The van der Waals surface area contributed by atoms with E-state index in [1.165, 1.54) is 35.1 Å². The molecule has 4 heteroatoms. The molecule has 3 aromatic rings. The Labute approximate surface area is 199 Å². The zero-order valence-electron chi connectivity index (χ0n) is 19.6. The highest BCUT2D eigenvalue weighted by molar-refractivity contribution is 9.10. The van der Waals surface area contributed by atoms with Crippen LogP contribution in [0, 0.1) is 6.92 Å². The Morgan fingerprint density at radius 3 is 2.31 bits per heavy atom. The normalized spacial score (nSPS) is 16.4. The second-order valence-corrected chi connectivity index (χ2v) is 11.2. The van der Waals surface area contributed by atoms with Crippen molar-refractivity contribution in [2.75, 3.05) is 0 Å². The number of rotatable bonds is 5. The molecule has 1 N–H and O–H groups in total. The summed E-state index contributed by atoms with van der Waals surface area (Å²) < 4.78 is 6.92. The minimum atomic E-state index is -0.197. The van der Waals surface area contributed by atoms with Gasteiger partial charge in [0.25, 0.3) is 5.91 Å². The summed E-state index contributed by atoms with van der Waals surface area (Å²) in [6.07, 6.45) is 3.09. The van der Waals surface area contributed by atoms with Gasteiger partial charge in [0.2, 0.25) is 0 Å². The van der Waals surface area contributed by atoms with Crippen molar-refractivity contribution in [2.24, 2.45) is 0 Å². The van der Waals surface area contributed by atoms with Crippen LogP contribution in [-0.2, 0) is 23.8 Å². The van der Waals surface area contributed by atoms with E-state index in [4.69, 9.17) is 4.42 Å². The maximum absolute atomic E-state index is 12.6. The van der Waals surface area contributed by atoms with Crippen LogP contribution in [0.2, 0.25) is 0 Å². The number of furan rings is 1. The molecule has 168 valence electrons. The van der Waals surface area contributed by atoms with E-state index in [1.54, 1.807) is 6.07 Å². The van der Waals surface area contributed by atoms with Gasteiger partial charge < -0.3 is 9.73 Å². The van der Waals surface area contributed by atoms with Crippen LogP contribution in [0.1, 0.15) is 84.7 Å². The van der Waals surface area contributed by atoms with Gasteiger partial charge in [0.1, 0.15) is 5.76 Å². The Morgan fingerprint density at radius 1 is 0.969 bits per heavy atom. The van der Waals surface area contributed by atoms with Gasteiger partial charge in [-0.15, -0.1) is 0 Å². The SMILES string of the molecule is Cc1cc2c(cc1Cc1ccc(C(=O)NCc3ccccc3Br)o1)C(C)(C)CCC2(C)C. The summed E-state index contributed by atoms with van der Waals surface area (Å²) in [7, 11) is 0. The zero-order valence-corrected chi connectivity index (χ0v) is 21.2. The molecule has 0 unspecified atom stereocenters. The second kappa shape index (κ2) is 8.55. The van der Waals surface area contributed by atoms with Crippen LogP contribution in [0.5, 0.6) is 0 Å². The number of benzene rings is 2. The molecule has 3 nitrogen and oxygen atoms in total. The zero-order chi connectivity index (χ0) is 23.1. The summed E-state index contributed by atoms with van der Waals surface area (Å²) >= 11 is 3.52. The van der Waals surface area contributed by atoms with Crippen molar-refractivity contribution in [2.45, 2.75) is 71.3 Å². The monoisotopic (exact) mass is 493 g/mol. The lowest BCUT2D eigenvalue weighted by Gasteiger charge is -2.42. The van der Waals surface area contributed by atoms with Crippen molar-refractivity contribution < 1.29 is 9.21 Å². The van der Waals surface area contributed by atoms with Gasteiger partial charge >= 0.3 is 0 Å². The van der Waals surface area contributed by atoms with Gasteiger partial charge in [-0.2, -0.15) is 0 Å². The fourth-order valence-electron chi connectivity index (χ4n) is 4.64. The summed E-state index contributed by atoms with van der Waals surface area (Å²) in [5.74, 6) is 0.966. The van der Waals surface area contributed by atoms with E-state index >= 15 is 0 Å². The minimum absolute atomic E-state index is 0.174. The standard InChI is InChI=1S/C28H32BrNO2/c1-18-14-22-23(28(4,5)13-12-27(22,2)3)16-20(18)15-21-10-11-25(32-21)26(31)30-17-19-8-6-7-9-24(19)29/h6-11,14,16H,12-13,15,17H2,1-5H3,(H,30,31). The van der Waals surface area contributed by atoms with E-state index in [2.05, 4.69) is 68.0 Å². The average Bonchev–Trinajstić information content (AvgIpc) is 3.20. The largest absolute Gasteiger partial charge is 0.456 e. The van der Waals surface area contributed by atoms with Crippen LogP contribution in [0.25, 0.3) is 0 Å². The summed E-state index contributed by atoms with van der Waals surface area (Å²) in [5, 5.41) is 2.94. The lowest BCUT2D eigenvalue weighted by molar-refractivity contribution is 0.0921. The first-order chi connectivity index (χ1) is 15.1. The maximum atomic E-state index is 12.6. The number of fused-ring (bicyclic) bond motifs is 1. The van der Waals surface area contributed by atoms with Crippen LogP contribution >= 0.6 is 15.9 Å². The molecule has 0 aliphatic heterocycles. The predicted octanol–water partition coefficient (Wildman–Crippen LogP) is 7.22. The summed E-state index contributed by atoms with van der Waals surface area (Å²) in [5.41, 5.74) is 6.89. The number of halogens is 1. The molecule has 4 rings (SSSR count). The first-order valence-corrected chi connectivity index (χ1v) is 12.1. The van der Waals surface area contributed by atoms with E-state index in [1.807, 2.05) is 30.3 Å². The molecule has 0 fully saturated rings. The molecule has 0 atom stereocenters. The molecule has 2 aromatic carbocycles. The van der Waals surface area contributed by atoms with E-state index in [-0.39, 0.29) is 16.7 Å². The third kappa shape index (κ3) is 4.56. The van der Waals surface area contributed by atoms with Gasteiger partial charge in [-0.1, -0.05) is 74.0 Å². The van der Waals surface area contributed by atoms with Gasteiger partial charge in [-0.3, -0.25) is 4.79 Å². The van der Waals surface area contributed by atoms with Crippen LogP contribution in [0.15, 0.2) is 57.4 Å². The molecule has 0 spiro atoms. The van der Waals surface area contributed by atoms with Crippen LogP contribution < -0.4 is 5.32 Å². The summed E-state index contributed by atoms with van der Waals surface area (Å²) in [6, 6.07) is 16.3. The molecule has 32 heavy (non-hydrogen) atoms. The highest BCUT2D eigenvalue weighted by Crippen LogP contribution is 2.46. The topological polar surface area (TPSA) is 42.2 Å². The molecular weight excluding hydrogens is 462 g/mol. The van der Waals surface area contributed by atoms with Crippen LogP contribution in [-0.4, -0.2) is 5.91 Å². The van der Waals surface area contributed by atoms with Gasteiger partial charge in [0.15, 0.2) is 5.76 Å². The molecule has 1 aromatic heterocycles. The number of hydrogen-bond donors (Lipinski definition) is 1. The third-order valence-electron chi connectivity index (χ3n) is 6.96. The van der Waals surface area contributed by atoms with Crippen molar-refractivity contribution in [3.05, 3.63) is 92.3 Å². The molecular formula is C28H32BrNO2. The fourth-order valence-corrected chi connectivity index (χ4v) is 5.07. The number of nitrogens with one attached hydrogen (secondary N) is 1. The van der Waals surface area contributed by atoms with Crippen LogP contribution in [0.4, 0.5) is 0 Å². The first-order valence-electron chi connectivity index (χ1n) is 11.3. The van der Waals surface area contributed by atoms with Crippen molar-refractivity contribution in [3.8, 4) is 0 Å². The maximum Gasteiger partial charge on any atom is 0.287 e. The Bertz CT molecular complexity index is 1160. The molecule has 1 heterocycles. The molecule has 0 saturated carbocycles. The Kier molecular flexibility index (Phi) is 6.10. The molecule has 1 aliphatic carbocycles. The van der Waals surface area contributed by atoms with Gasteiger partial charge in [0, 0.05) is 17.4 Å². The van der Waals surface area contributed by atoms with Gasteiger partial charge in [-0.05, 0) is 76.6 Å². The molecule has 1 aliphatic rings. The predicted molar refractivity (Wildman–Crippen MR) is 133 cm³/mol. The van der Waals surface area contributed by atoms with Crippen molar-refractivity contribution >= 4 is 21.8 Å². The summed E-state index contributed by atoms with van der Waals surface area (Å²) in [4.78, 5) is 12.6. The molecule has 0 saturated heterocycles. The van der Waals surface area contributed by atoms with Crippen LogP contribution in [0.3, 0.4) is 0 Å². The lowest BCUT2D eigenvalue weighted by atomic mass is 9.62. The van der Waals surface area contributed by atoms with Crippen molar-refractivity contribution in [1.29, 1.82) is 0 Å². The third-order valence-corrected chi connectivity index (χ3v) is 7.73. The molecule has 0 bridgehead atoms. The van der Waals surface area contributed by atoms with E-state index in [0.717, 1.165) is 15.8 Å². The molecule has 0 radical (unpaired) electrons. The average molecular weight is 494 g/mol. The van der Waals surface area contributed by atoms with E-state index in [0.29, 0.717) is 18.7 Å². The Morgan fingerprint density at radius 2 is 1.62 bits per heavy atom. The Hall–Kier alpha value is -2.33. The fraction of sp³-hybridized carbons (Fsp3) is 0.393. The van der Waals surface area contributed by atoms with Crippen molar-refractivity contribution in [1.82, 2.24) is 5.32 Å². The van der Waals surface area contributed by atoms with E-state index < -0.39 is 0 Å². The Balaban J connectivity index is 1.51. The quantitative estimate of drug-likeness (QED) is 0.407. The number of hydrogen-bond acceptors (Lipinski definition) is 2. The lowest BCUT2D eigenvalue weighted by Crippen LogP contribution is -2.34. The van der Waals surface area contributed by atoms with Gasteiger partial charge in [-0.25, -0.2) is 0 Å². The highest BCUT2D eigenvalue weighted by Gasteiger charge is 2.37. The molecule has 1 amide bonds. The van der Waals surface area contributed by atoms with Gasteiger partial charge in [0.05, 0.1) is 0 Å². The second-order valence-electron chi connectivity index (χ2n) is 10.3. The number of carbonyl (C=O) groups excluding carboxylic acids is 1. The number of amides is 1.